The van der Waals surface area contributed by atoms with E-state index >= 15 is 0 Å². The first-order chi connectivity index (χ1) is 9.10. The molecule has 19 heavy (non-hydrogen) atoms. The van der Waals surface area contributed by atoms with Crippen molar-refractivity contribution in [2.75, 3.05) is 7.11 Å². The number of aromatic nitrogens is 2. The smallest absolute Gasteiger partial charge is 0.303 e. The summed E-state index contributed by atoms with van der Waals surface area (Å²) in [4.78, 5) is 15.0. The number of rotatable bonds is 5. The minimum Gasteiger partial charge on any atom is -0.497 e. The Morgan fingerprint density at radius 2 is 2.26 bits per heavy atom. The van der Waals surface area contributed by atoms with Gasteiger partial charge in [0.1, 0.15) is 11.6 Å². The first-order valence-electron chi connectivity index (χ1n) is 5.98. The van der Waals surface area contributed by atoms with Gasteiger partial charge in [-0.25, -0.2) is 4.98 Å². The Labute approximate surface area is 111 Å². The van der Waals surface area contributed by atoms with E-state index in [1.54, 1.807) is 7.11 Å². The van der Waals surface area contributed by atoms with E-state index in [-0.39, 0.29) is 6.42 Å². The maximum atomic E-state index is 10.6. The number of aryl methyl sites for hydroxylation is 2. The van der Waals surface area contributed by atoms with Gasteiger partial charge < -0.3 is 14.4 Å². The summed E-state index contributed by atoms with van der Waals surface area (Å²) in [7, 11) is 3.52. The van der Waals surface area contributed by atoms with Crippen LogP contribution in [-0.2, 0) is 18.3 Å². The van der Waals surface area contributed by atoms with Crippen molar-refractivity contribution in [3.8, 4) is 17.1 Å². The van der Waals surface area contributed by atoms with Crippen LogP contribution in [0.15, 0.2) is 30.5 Å². The van der Waals surface area contributed by atoms with Crippen LogP contribution in [0.5, 0.6) is 5.75 Å². The summed E-state index contributed by atoms with van der Waals surface area (Å²) in [6, 6.07) is 7.63. The molecular formula is C14H16N2O3. The fraction of sp³-hybridized carbons (Fsp3) is 0.286. The Balaban J connectivity index is 2.26. The summed E-state index contributed by atoms with van der Waals surface area (Å²) in [6.45, 7) is 0. The van der Waals surface area contributed by atoms with Crippen molar-refractivity contribution in [3.63, 3.8) is 0 Å². The van der Waals surface area contributed by atoms with Crippen LogP contribution in [0.1, 0.15) is 12.1 Å². The van der Waals surface area contributed by atoms with Crippen LogP contribution in [-0.4, -0.2) is 27.7 Å². The molecule has 0 spiro atoms. The maximum absolute atomic E-state index is 10.6. The van der Waals surface area contributed by atoms with Gasteiger partial charge in [0.25, 0.3) is 0 Å². The molecule has 1 heterocycles. The van der Waals surface area contributed by atoms with Gasteiger partial charge in [-0.2, -0.15) is 0 Å². The van der Waals surface area contributed by atoms with E-state index in [9.17, 15) is 4.79 Å². The quantitative estimate of drug-likeness (QED) is 0.894. The number of methoxy groups -OCH3 is 1. The summed E-state index contributed by atoms with van der Waals surface area (Å²) in [6.07, 6.45) is 2.39. The molecule has 2 aromatic rings. The van der Waals surface area contributed by atoms with E-state index in [0.717, 1.165) is 22.8 Å². The second-order valence-electron chi connectivity index (χ2n) is 4.29. The number of ether oxygens (including phenoxy) is 1. The molecule has 5 nitrogen and oxygen atoms in total. The van der Waals surface area contributed by atoms with Gasteiger partial charge in [-0.3, -0.25) is 4.79 Å². The third kappa shape index (κ3) is 3.13. The summed E-state index contributed by atoms with van der Waals surface area (Å²) in [5.74, 6) is 0.764. The molecule has 2 rings (SSSR count). The molecule has 1 aromatic carbocycles. The van der Waals surface area contributed by atoms with E-state index < -0.39 is 5.97 Å². The van der Waals surface area contributed by atoms with Gasteiger partial charge in [-0.05, 0) is 12.1 Å². The molecule has 0 radical (unpaired) electrons. The first kappa shape index (κ1) is 13.1. The maximum Gasteiger partial charge on any atom is 0.303 e. The molecule has 0 aliphatic rings. The predicted octanol–water partition coefficient (Wildman–Crippen LogP) is 2.11. The molecule has 0 fully saturated rings. The summed E-state index contributed by atoms with van der Waals surface area (Å²) >= 11 is 0. The molecule has 100 valence electrons. The first-order valence-corrected chi connectivity index (χ1v) is 5.98. The fourth-order valence-electron chi connectivity index (χ4n) is 1.91. The Kier molecular flexibility index (Phi) is 3.85. The standard InChI is InChI=1S/C14H16N2O3/c1-16-9-11(6-7-13(17)18)15-14(16)10-4-3-5-12(8-10)19-2/h3-5,8-9H,6-7H2,1-2H3,(H,17,18). The van der Waals surface area contributed by atoms with Crippen LogP contribution in [0.4, 0.5) is 0 Å². The number of hydrogen-bond donors (Lipinski definition) is 1. The number of carboxylic acids is 1. The third-order valence-electron chi connectivity index (χ3n) is 2.85. The van der Waals surface area contributed by atoms with Gasteiger partial charge in [0.15, 0.2) is 0 Å². The molecule has 0 atom stereocenters. The van der Waals surface area contributed by atoms with E-state index in [1.807, 2.05) is 42.1 Å². The van der Waals surface area contributed by atoms with Crippen molar-refractivity contribution < 1.29 is 14.6 Å². The number of imidazole rings is 1. The largest absolute Gasteiger partial charge is 0.497 e. The van der Waals surface area contributed by atoms with Gasteiger partial charge in [0.05, 0.1) is 19.2 Å². The topological polar surface area (TPSA) is 64.3 Å². The van der Waals surface area contributed by atoms with Crippen molar-refractivity contribution in [2.24, 2.45) is 7.05 Å². The number of aliphatic carboxylic acids is 1. The highest BCUT2D eigenvalue weighted by molar-refractivity contribution is 5.67. The minimum absolute atomic E-state index is 0.0918. The number of nitrogens with zero attached hydrogens (tertiary/aromatic N) is 2. The van der Waals surface area contributed by atoms with Crippen LogP contribution in [0.2, 0.25) is 0 Å². The van der Waals surface area contributed by atoms with Crippen molar-refractivity contribution in [2.45, 2.75) is 12.8 Å². The van der Waals surface area contributed by atoms with Gasteiger partial charge in [-0.1, -0.05) is 12.1 Å². The number of carboxylic acid groups (broad SMARTS) is 1. The number of carbonyl (C=O) groups is 1. The zero-order valence-electron chi connectivity index (χ0n) is 11.0. The number of benzene rings is 1. The van der Waals surface area contributed by atoms with Gasteiger partial charge in [-0.15, -0.1) is 0 Å². The molecule has 1 aromatic heterocycles. The van der Waals surface area contributed by atoms with Crippen molar-refractivity contribution in [1.82, 2.24) is 9.55 Å². The highest BCUT2D eigenvalue weighted by Crippen LogP contribution is 2.23. The second-order valence-corrected chi connectivity index (χ2v) is 4.29. The van der Waals surface area contributed by atoms with Crippen molar-refractivity contribution >= 4 is 5.97 Å². The van der Waals surface area contributed by atoms with Gasteiger partial charge in [0.2, 0.25) is 0 Å². The molecular weight excluding hydrogens is 244 g/mol. The van der Waals surface area contributed by atoms with E-state index in [2.05, 4.69) is 4.98 Å². The minimum atomic E-state index is -0.811. The lowest BCUT2D eigenvalue weighted by molar-refractivity contribution is -0.136. The van der Waals surface area contributed by atoms with Crippen LogP contribution >= 0.6 is 0 Å². The lowest BCUT2D eigenvalue weighted by Crippen LogP contribution is -1.97. The molecule has 1 N–H and O–H groups in total. The van der Waals surface area contributed by atoms with E-state index in [4.69, 9.17) is 9.84 Å². The van der Waals surface area contributed by atoms with Crippen molar-refractivity contribution in [1.29, 1.82) is 0 Å². The highest BCUT2D eigenvalue weighted by atomic mass is 16.5. The SMILES string of the molecule is COc1cccc(-c2nc(CCC(=O)O)cn2C)c1. The Bertz CT molecular complexity index is 590. The third-order valence-corrected chi connectivity index (χ3v) is 2.85. The lowest BCUT2D eigenvalue weighted by atomic mass is 10.2. The predicted molar refractivity (Wildman–Crippen MR) is 71.2 cm³/mol. The molecule has 0 aliphatic heterocycles. The van der Waals surface area contributed by atoms with Crippen LogP contribution in [0.25, 0.3) is 11.4 Å². The average Bonchev–Trinajstić information content (AvgIpc) is 2.78. The zero-order chi connectivity index (χ0) is 13.8. The second kappa shape index (κ2) is 5.56. The average molecular weight is 260 g/mol. The highest BCUT2D eigenvalue weighted by Gasteiger charge is 2.09. The summed E-state index contributed by atoms with van der Waals surface area (Å²) in [5.41, 5.74) is 1.73. The molecule has 0 amide bonds. The fourth-order valence-corrected chi connectivity index (χ4v) is 1.91. The van der Waals surface area contributed by atoms with Crippen LogP contribution in [0.3, 0.4) is 0 Å². The van der Waals surface area contributed by atoms with Gasteiger partial charge >= 0.3 is 5.97 Å². The summed E-state index contributed by atoms with van der Waals surface area (Å²) in [5, 5.41) is 8.69. The van der Waals surface area contributed by atoms with Crippen LogP contribution in [0, 0.1) is 0 Å². The monoisotopic (exact) mass is 260 g/mol. The van der Waals surface area contributed by atoms with Crippen molar-refractivity contribution in [3.05, 3.63) is 36.2 Å². The van der Waals surface area contributed by atoms with E-state index in [0.29, 0.717) is 6.42 Å². The number of hydrogen-bond acceptors (Lipinski definition) is 3. The van der Waals surface area contributed by atoms with Crippen LogP contribution < -0.4 is 4.74 Å². The normalized spacial score (nSPS) is 10.4. The molecule has 0 saturated heterocycles. The Hall–Kier alpha value is -2.30. The Morgan fingerprint density at radius 1 is 1.47 bits per heavy atom. The summed E-state index contributed by atoms with van der Waals surface area (Å²) < 4.78 is 7.08. The van der Waals surface area contributed by atoms with E-state index in [1.165, 1.54) is 0 Å². The molecule has 0 bridgehead atoms. The molecule has 5 heteroatoms. The molecule has 0 aliphatic carbocycles. The lowest BCUT2D eigenvalue weighted by Gasteiger charge is -2.04. The van der Waals surface area contributed by atoms with Gasteiger partial charge in [0, 0.05) is 25.2 Å². The molecule has 0 saturated carbocycles. The molecule has 0 unspecified atom stereocenters. The Morgan fingerprint density at radius 3 is 2.95 bits per heavy atom. The zero-order valence-corrected chi connectivity index (χ0v) is 11.0.